The molecule has 0 saturated heterocycles. The quantitative estimate of drug-likeness (QED) is 0.359. The predicted molar refractivity (Wildman–Crippen MR) is 45.4 cm³/mol. The Hall–Kier alpha value is -0.180. The van der Waals surface area contributed by atoms with E-state index in [1.807, 2.05) is 0 Å². The van der Waals surface area contributed by atoms with Gasteiger partial charge in [0.15, 0.2) is 0 Å². The normalized spacial score (nSPS) is 14.6. The van der Waals surface area contributed by atoms with E-state index in [1.54, 1.807) is 0 Å². The van der Waals surface area contributed by atoms with Gasteiger partial charge in [-0.05, 0) is 0 Å². The van der Waals surface area contributed by atoms with Crippen molar-refractivity contribution in [3.63, 3.8) is 0 Å². The summed E-state index contributed by atoms with van der Waals surface area (Å²) in [4.78, 5) is 0. The zero-order chi connectivity index (χ0) is 8.69. The van der Waals surface area contributed by atoms with Gasteiger partial charge in [0.2, 0.25) is 0 Å². The van der Waals surface area contributed by atoms with Crippen LogP contribution >= 0.6 is 11.6 Å². The second-order valence-electron chi connectivity index (χ2n) is 1.99. The first-order valence-corrected chi connectivity index (χ1v) is 3.58. The van der Waals surface area contributed by atoms with Gasteiger partial charge in [0.1, 0.15) is 0 Å². The SMILES string of the molecule is [B]=BOC[C@H](Cl)C[C@H](F)C=N. The third-order valence-electron chi connectivity index (χ3n) is 1.04. The number of alkyl halides is 2. The van der Waals surface area contributed by atoms with Gasteiger partial charge < -0.3 is 0 Å². The molecular weight excluding hydrogens is 166 g/mol. The minimum absolute atomic E-state index is 0.0822. The summed E-state index contributed by atoms with van der Waals surface area (Å²) >= 11 is 5.59. The monoisotopic (exact) mass is 174 g/mol. The van der Waals surface area contributed by atoms with Crippen molar-refractivity contribution in [1.82, 2.24) is 0 Å². The molecule has 0 aromatic carbocycles. The molecule has 0 spiro atoms. The van der Waals surface area contributed by atoms with Crippen LogP contribution < -0.4 is 0 Å². The van der Waals surface area contributed by atoms with E-state index in [2.05, 4.69) is 4.65 Å². The molecule has 0 aromatic heterocycles. The third kappa shape index (κ3) is 6.23. The van der Waals surface area contributed by atoms with E-state index >= 15 is 0 Å². The van der Waals surface area contributed by atoms with E-state index in [9.17, 15) is 4.39 Å². The van der Waals surface area contributed by atoms with E-state index in [1.165, 1.54) is 0 Å². The van der Waals surface area contributed by atoms with Crippen LogP contribution in [0.1, 0.15) is 6.42 Å². The summed E-state index contributed by atoms with van der Waals surface area (Å²) in [6, 6.07) is 0. The summed E-state index contributed by atoms with van der Waals surface area (Å²) in [5.74, 6) is 0. The molecule has 11 heavy (non-hydrogen) atoms. The fourth-order valence-corrected chi connectivity index (χ4v) is 0.783. The molecule has 0 heterocycles. The summed E-state index contributed by atoms with van der Waals surface area (Å²) in [5, 5.41) is 6.11. The molecule has 0 amide bonds. The molecule has 6 heteroatoms. The van der Waals surface area contributed by atoms with E-state index in [0.717, 1.165) is 7.00 Å². The fourth-order valence-electron chi connectivity index (χ4n) is 0.540. The van der Waals surface area contributed by atoms with Crippen LogP contribution in [0.3, 0.4) is 0 Å². The Labute approximate surface area is 71.9 Å². The molecule has 0 aliphatic rings. The Morgan fingerprint density at radius 2 is 2.45 bits per heavy atom. The average Bonchev–Trinajstić information content (AvgIpc) is 2.00. The fraction of sp³-hybridized carbons (Fsp3) is 0.800. The number of rotatable bonds is 6. The Morgan fingerprint density at radius 3 is 2.91 bits per heavy atom. The van der Waals surface area contributed by atoms with E-state index in [4.69, 9.17) is 24.4 Å². The van der Waals surface area contributed by atoms with Gasteiger partial charge in [-0.2, -0.15) is 0 Å². The zero-order valence-corrected chi connectivity index (χ0v) is 6.72. The van der Waals surface area contributed by atoms with Gasteiger partial charge in [0.05, 0.1) is 0 Å². The van der Waals surface area contributed by atoms with Crippen molar-refractivity contribution in [2.24, 2.45) is 0 Å². The van der Waals surface area contributed by atoms with Crippen LogP contribution in [0.15, 0.2) is 0 Å². The van der Waals surface area contributed by atoms with Crippen molar-refractivity contribution in [3.05, 3.63) is 0 Å². The molecule has 0 aromatic rings. The predicted octanol–water partition coefficient (Wildman–Crippen LogP) is 0.691. The maximum atomic E-state index is 12.4. The van der Waals surface area contributed by atoms with E-state index < -0.39 is 11.5 Å². The van der Waals surface area contributed by atoms with Crippen LogP contribution in [-0.4, -0.2) is 38.7 Å². The van der Waals surface area contributed by atoms with Crippen molar-refractivity contribution in [3.8, 4) is 0 Å². The molecule has 0 saturated carbocycles. The molecular formula is C5H8B2ClFNO. The molecule has 0 aliphatic carbocycles. The summed E-state index contributed by atoms with van der Waals surface area (Å²) in [5.41, 5.74) is 0. The Bertz CT molecular complexity index is 138. The van der Waals surface area contributed by atoms with Crippen LogP contribution in [0.2, 0.25) is 0 Å². The minimum atomic E-state index is -1.29. The van der Waals surface area contributed by atoms with Crippen LogP contribution in [0.4, 0.5) is 4.39 Å². The molecule has 0 bridgehead atoms. The molecule has 0 unspecified atom stereocenters. The van der Waals surface area contributed by atoms with Gasteiger partial charge >= 0.3 is 71.2 Å². The van der Waals surface area contributed by atoms with Gasteiger partial charge in [-0.1, -0.05) is 0 Å². The summed E-state index contributed by atoms with van der Waals surface area (Å²) in [7, 11) is 5.90. The van der Waals surface area contributed by atoms with Crippen molar-refractivity contribution in [2.75, 3.05) is 6.61 Å². The first kappa shape index (κ1) is 10.8. The topological polar surface area (TPSA) is 33.1 Å². The standard InChI is InChI=1S/C5H8B2ClFNO/c6-7-11-3-4(8)1-5(9)2-10/h2,4-5,10H,1,3H2/t4-,5+/m1/s1. The van der Waals surface area contributed by atoms with Crippen molar-refractivity contribution in [1.29, 1.82) is 5.41 Å². The molecule has 59 valence electrons. The molecule has 0 fully saturated rings. The van der Waals surface area contributed by atoms with Crippen LogP contribution in [0, 0.1) is 5.41 Å². The van der Waals surface area contributed by atoms with Crippen LogP contribution in [-0.2, 0) is 4.65 Å². The summed E-state index contributed by atoms with van der Waals surface area (Å²) in [6.45, 7) is 0.173. The number of hydrogen-bond donors (Lipinski definition) is 1. The Morgan fingerprint density at radius 1 is 1.82 bits per heavy atom. The molecule has 0 aliphatic heterocycles. The molecule has 0 rings (SSSR count). The third-order valence-corrected chi connectivity index (χ3v) is 1.34. The first-order valence-electron chi connectivity index (χ1n) is 3.14. The van der Waals surface area contributed by atoms with E-state index in [-0.39, 0.29) is 13.0 Å². The van der Waals surface area contributed by atoms with Gasteiger partial charge in [-0.3, -0.25) is 0 Å². The van der Waals surface area contributed by atoms with Gasteiger partial charge in [0, 0.05) is 0 Å². The maximum absolute atomic E-state index is 12.4. The average molecular weight is 174 g/mol. The second kappa shape index (κ2) is 6.53. The second-order valence-corrected chi connectivity index (χ2v) is 2.60. The van der Waals surface area contributed by atoms with Crippen molar-refractivity contribution < 1.29 is 9.04 Å². The van der Waals surface area contributed by atoms with Gasteiger partial charge in [0.25, 0.3) is 0 Å². The van der Waals surface area contributed by atoms with E-state index in [0.29, 0.717) is 6.21 Å². The van der Waals surface area contributed by atoms with Crippen LogP contribution in [0.25, 0.3) is 0 Å². The molecule has 2 atom stereocenters. The molecule has 1 N–H and O–H groups in total. The number of nitrogens with one attached hydrogen (secondary N) is 1. The van der Waals surface area contributed by atoms with Gasteiger partial charge in [-0.25, -0.2) is 0 Å². The van der Waals surface area contributed by atoms with Crippen molar-refractivity contribution >= 4 is 32.2 Å². The molecule has 2 nitrogen and oxygen atoms in total. The summed E-state index contributed by atoms with van der Waals surface area (Å²) in [6.07, 6.45) is -0.501. The van der Waals surface area contributed by atoms with Crippen molar-refractivity contribution in [2.45, 2.75) is 18.0 Å². The number of halogens is 2. The summed E-state index contributed by atoms with van der Waals surface area (Å²) < 4.78 is 17.0. The van der Waals surface area contributed by atoms with Gasteiger partial charge in [-0.15, -0.1) is 0 Å². The Balaban J connectivity index is 3.42. The van der Waals surface area contributed by atoms with Crippen LogP contribution in [0.5, 0.6) is 0 Å². The number of hydrogen-bond acceptors (Lipinski definition) is 2. The first-order chi connectivity index (χ1) is 5.20. The Kier molecular flexibility index (Phi) is 6.42. The molecule has 1 radical (unpaired) electrons. The zero-order valence-electron chi connectivity index (χ0n) is 5.97.